The number of carbonyl (C=O) groups is 2. The quantitative estimate of drug-likeness (QED) is 0.889. The van der Waals surface area contributed by atoms with Gasteiger partial charge in [0.15, 0.2) is 0 Å². The minimum absolute atomic E-state index is 0.243. The molecule has 1 aliphatic heterocycles. The molecule has 22 heavy (non-hydrogen) atoms. The van der Waals surface area contributed by atoms with Gasteiger partial charge in [-0.1, -0.05) is 18.2 Å². The molecule has 1 aromatic carbocycles. The molecule has 0 spiro atoms. The molecule has 0 unspecified atom stereocenters. The number of rotatable bonds is 3. The molecule has 1 aromatic heterocycles. The van der Waals surface area contributed by atoms with Gasteiger partial charge in [0.25, 0.3) is 5.56 Å². The molecular formula is C15H15N3O4. The highest BCUT2D eigenvalue weighted by atomic mass is 16.4. The summed E-state index contributed by atoms with van der Waals surface area (Å²) in [4.78, 5) is 37.0. The van der Waals surface area contributed by atoms with Gasteiger partial charge >= 0.3 is 5.97 Å². The third-order valence-electron chi connectivity index (χ3n) is 3.91. The van der Waals surface area contributed by atoms with Crippen LogP contribution in [-0.2, 0) is 16.1 Å². The zero-order chi connectivity index (χ0) is 15.7. The maximum atomic E-state index is 12.3. The molecule has 114 valence electrons. The summed E-state index contributed by atoms with van der Waals surface area (Å²) in [7, 11) is 0. The third kappa shape index (κ3) is 2.45. The molecule has 0 radical (unpaired) electrons. The normalized spacial score (nSPS) is 17.8. The van der Waals surface area contributed by atoms with Crippen LogP contribution in [0, 0.1) is 0 Å². The van der Waals surface area contributed by atoms with E-state index >= 15 is 0 Å². The average Bonchev–Trinajstić information content (AvgIpc) is 3.00. The van der Waals surface area contributed by atoms with Crippen LogP contribution in [0.2, 0.25) is 0 Å². The summed E-state index contributed by atoms with van der Waals surface area (Å²) in [6.07, 6.45) is 2.63. The zero-order valence-electron chi connectivity index (χ0n) is 11.8. The summed E-state index contributed by atoms with van der Waals surface area (Å²) in [6, 6.07) is 6.20. The van der Waals surface area contributed by atoms with Crippen molar-refractivity contribution in [1.82, 2.24) is 14.7 Å². The molecule has 0 aliphatic carbocycles. The largest absolute Gasteiger partial charge is 0.480 e. The van der Waals surface area contributed by atoms with Gasteiger partial charge in [-0.25, -0.2) is 9.48 Å². The molecule has 2 aromatic rings. The Balaban J connectivity index is 1.87. The van der Waals surface area contributed by atoms with Crippen molar-refractivity contribution in [3.05, 3.63) is 40.8 Å². The Bertz CT molecular complexity index is 799. The van der Waals surface area contributed by atoms with Crippen LogP contribution in [0.4, 0.5) is 0 Å². The van der Waals surface area contributed by atoms with Crippen molar-refractivity contribution in [2.45, 2.75) is 25.4 Å². The highest BCUT2D eigenvalue weighted by Crippen LogP contribution is 2.17. The fraction of sp³-hybridized carbons (Fsp3) is 0.333. The van der Waals surface area contributed by atoms with Crippen molar-refractivity contribution < 1.29 is 14.7 Å². The Hall–Kier alpha value is -2.70. The molecule has 0 bridgehead atoms. The van der Waals surface area contributed by atoms with Crippen molar-refractivity contribution in [2.75, 3.05) is 6.54 Å². The van der Waals surface area contributed by atoms with Crippen LogP contribution in [-0.4, -0.2) is 44.3 Å². The van der Waals surface area contributed by atoms with Crippen LogP contribution in [0.3, 0.4) is 0 Å². The molecule has 1 aliphatic rings. The number of hydrogen-bond donors (Lipinski definition) is 1. The number of benzene rings is 1. The molecule has 1 saturated heterocycles. The second kappa shape index (κ2) is 5.59. The SMILES string of the molecule is O=C(O)[C@@H]1CCCN1C(=O)Cn1ncc2ccccc2c1=O. The van der Waals surface area contributed by atoms with Gasteiger partial charge in [0, 0.05) is 11.9 Å². The van der Waals surface area contributed by atoms with Crippen molar-refractivity contribution in [1.29, 1.82) is 0 Å². The Labute approximate surface area is 125 Å². The van der Waals surface area contributed by atoms with E-state index in [9.17, 15) is 14.4 Å². The topological polar surface area (TPSA) is 92.5 Å². The Morgan fingerprint density at radius 1 is 1.32 bits per heavy atom. The Morgan fingerprint density at radius 3 is 2.86 bits per heavy atom. The van der Waals surface area contributed by atoms with Crippen LogP contribution in [0.1, 0.15) is 12.8 Å². The van der Waals surface area contributed by atoms with E-state index in [1.165, 1.54) is 11.1 Å². The predicted octanol–water partition coefficient (Wildman–Crippen LogP) is 0.472. The fourth-order valence-corrected chi connectivity index (χ4v) is 2.78. The number of fused-ring (bicyclic) bond motifs is 1. The van der Waals surface area contributed by atoms with E-state index in [0.717, 1.165) is 4.68 Å². The van der Waals surface area contributed by atoms with Gasteiger partial charge in [0.05, 0.1) is 11.6 Å². The number of aliphatic carboxylic acids is 1. The molecule has 7 heteroatoms. The lowest BCUT2D eigenvalue weighted by Crippen LogP contribution is -2.43. The minimum atomic E-state index is -1.01. The number of aromatic nitrogens is 2. The first-order chi connectivity index (χ1) is 10.6. The molecule has 7 nitrogen and oxygen atoms in total. The summed E-state index contributed by atoms with van der Waals surface area (Å²) in [5.41, 5.74) is -0.350. The van der Waals surface area contributed by atoms with Gasteiger partial charge in [-0.05, 0) is 18.9 Å². The molecule has 0 saturated carbocycles. The first kappa shape index (κ1) is 14.2. The smallest absolute Gasteiger partial charge is 0.326 e. The van der Waals surface area contributed by atoms with Crippen molar-refractivity contribution in [3.63, 3.8) is 0 Å². The molecule has 1 N–H and O–H groups in total. The van der Waals surface area contributed by atoms with Crippen LogP contribution >= 0.6 is 0 Å². The number of carbonyl (C=O) groups excluding carboxylic acids is 1. The average molecular weight is 301 g/mol. The standard InChI is InChI=1S/C15H15N3O4/c19-13(17-7-3-6-12(17)15(21)22)9-18-14(20)11-5-2-1-4-10(11)8-16-18/h1-2,4-5,8,12H,3,6-7,9H2,(H,21,22)/t12-/m0/s1. The highest BCUT2D eigenvalue weighted by Gasteiger charge is 2.34. The molecular weight excluding hydrogens is 286 g/mol. The van der Waals surface area contributed by atoms with Gasteiger partial charge in [-0.2, -0.15) is 5.10 Å². The minimum Gasteiger partial charge on any atom is -0.480 e. The van der Waals surface area contributed by atoms with E-state index in [-0.39, 0.29) is 12.1 Å². The lowest BCUT2D eigenvalue weighted by Gasteiger charge is -2.21. The number of hydrogen-bond acceptors (Lipinski definition) is 4. The highest BCUT2D eigenvalue weighted by molar-refractivity contribution is 5.84. The van der Waals surface area contributed by atoms with E-state index in [1.807, 2.05) is 0 Å². The summed E-state index contributed by atoms with van der Waals surface area (Å²) in [5.74, 6) is -1.40. The van der Waals surface area contributed by atoms with Gasteiger partial charge in [0.2, 0.25) is 5.91 Å². The lowest BCUT2D eigenvalue weighted by atomic mass is 10.2. The van der Waals surface area contributed by atoms with E-state index in [1.54, 1.807) is 24.3 Å². The van der Waals surface area contributed by atoms with Crippen LogP contribution < -0.4 is 5.56 Å². The molecule has 2 heterocycles. The number of likely N-dealkylation sites (tertiary alicyclic amines) is 1. The number of carboxylic acids is 1. The first-order valence-electron chi connectivity index (χ1n) is 7.05. The van der Waals surface area contributed by atoms with Crippen molar-refractivity contribution in [3.8, 4) is 0 Å². The number of carboxylic acid groups (broad SMARTS) is 1. The Kier molecular flexibility index (Phi) is 3.62. The molecule has 3 rings (SSSR count). The van der Waals surface area contributed by atoms with Gasteiger partial charge in [-0.3, -0.25) is 9.59 Å². The number of amides is 1. The summed E-state index contributed by atoms with van der Waals surface area (Å²) >= 11 is 0. The molecule has 1 amide bonds. The van der Waals surface area contributed by atoms with Crippen molar-refractivity contribution >= 4 is 22.6 Å². The summed E-state index contributed by atoms with van der Waals surface area (Å²) < 4.78 is 1.09. The maximum Gasteiger partial charge on any atom is 0.326 e. The van der Waals surface area contributed by atoms with E-state index in [2.05, 4.69) is 5.10 Å². The van der Waals surface area contributed by atoms with Crippen molar-refractivity contribution in [2.24, 2.45) is 0 Å². The van der Waals surface area contributed by atoms with E-state index < -0.39 is 17.9 Å². The monoisotopic (exact) mass is 301 g/mol. The first-order valence-corrected chi connectivity index (χ1v) is 7.05. The van der Waals surface area contributed by atoms with Gasteiger partial charge in [-0.15, -0.1) is 0 Å². The summed E-state index contributed by atoms with van der Waals surface area (Å²) in [6.45, 7) is 0.158. The second-order valence-electron chi connectivity index (χ2n) is 5.28. The second-order valence-corrected chi connectivity index (χ2v) is 5.28. The van der Waals surface area contributed by atoms with E-state index in [0.29, 0.717) is 30.2 Å². The third-order valence-corrected chi connectivity index (χ3v) is 3.91. The van der Waals surface area contributed by atoms with Crippen LogP contribution in [0.25, 0.3) is 10.8 Å². The number of nitrogens with zero attached hydrogens (tertiary/aromatic N) is 3. The van der Waals surface area contributed by atoms with Crippen LogP contribution in [0.5, 0.6) is 0 Å². The predicted molar refractivity (Wildman–Crippen MR) is 78.4 cm³/mol. The molecule has 1 atom stereocenters. The van der Waals surface area contributed by atoms with E-state index in [4.69, 9.17) is 5.11 Å². The lowest BCUT2D eigenvalue weighted by molar-refractivity contribution is -0.148. The Morgan fingerprint density at radius 2 is 2.09 bits per heavy atom. The molecule has 1 fully saturated rings. The van der Waals surface area contributed by atoms with Gasteiger partial charge in [0.1, 0.15) is 12.6 Å². The van der Waals surface area contributed by atoms with Gasteiger partial charge < -0.3 is 10.0 Å². The zero-order valence-corrected chi connectivity index (χ0v) is 11.8. The fourth-order valence-electron chi connectivity index (χ4n) is 2.78. The maximum absolute atomic E-state index is 12.3. The van der Waals surface area contributed by atoms with Crippen LogP contribution in [0.15, 0.2) is 35.3 Å². The summed E-state index contributed by atoms with van der Waals surface area (Å²) in [5, 5.41) is 14.3.